The van der Waals surface area contributed by atoms with Gasteiger partial charge in [0.15, 0.2) is 0 Å². The van der Waals surface area contributed by atoms with Crippen molar-refractivity contribution in [2.45, 2.75) is 39.2 Å². The first-order chi connectivity index (χ1) is 10.1. The maximum atomic E-state index is 13.4. The first kappa shape index (κ1) is 16.4. The smallest absolute Gasteiger partial charge is 0.126 e. The summed E-state index contributed by atoms with van der Waals surface area (Å²) >= 11 is 0. The van der Waals surface area contributed by atoms with E-state index in [1.54, 1.807) is 0 Å². The Kier molecular flexibility index (Phi) is 6.12. The quantitative estimate of drug-likeness (QED) is 0.860. The Hall–Kier alpha value is -1.00. The molecule has 0 spiro atoms. The summed E-state index contributed by atoms with van der Waals surface area (Å²) < 4.78 is 26.9. The van der Waals surface area contributed by atoms with Crippen LogP contribution < -0.4 is 5.32 Å². The Labute approximate surface area is 126 Å². The predicted molar refractivity (Wildman–Crippen MR) is 82.2 cm³/mol. The molecule has 0 aliphatic carbocycles. The predicted octanol–water partition coefficient (Wildman–Crippen LogP) is 3.74. The van der Waals surface area contributed by atoms with Gasteiger partial charge in [-0.1, -0.05) is 6.92 Å². The lowest BCUT2D eigenvalue weighted by atomic mass is 9.97. The summed E-state index contributed by atoms with van der Waals surface area (Å²) in [4.78, 5) is 2.35. The molecule has 1 aromatic carbocycles. The molecule has 0 bridgehead atoms. The number of benzene rings is 1. The van der Waals surface area contributed by atoms with Gasteiger partial charge < -0.3 is 5.32 Å². The number of nitrogens with one attached hydrogen (secondary N) is 1. The Morgan fingerprint density at radius 2 is 2.00 bits per heavy atom. The summed E-state index contributed by atoms with van der Waals surface area (Å²) in [5.41, 5.74) is 0.727. The first-order valence-electron chi connectivity index (χ1n) is 8.01. The van der Waals surface area contributed by atoms with E-state index in [4.69, 9.17) is 0 Å². The van der Waals surface area contributed by atoms with E-state index in [-0.39, 0.29) is 6.04 Å². The highest BCUT2D eigenvalue weighted by Crippen LogP contribution is 2.24. The summed E-state index contributed by atoms with van der Waals surface area (Å²) in [6.45, 7) is 8.28. The SMILES string of the molecule is CCCN(CC1CCCNC1)C(C)c1cc(F)cc(F)c1. The second-order valence-corrected chi connectivity index (χ2v) is 6.09. The van der Waals surface area contributed by atoms with Gasteiger partial charge in [0.25, 0.3) is 0 Å². The molecule has 21 heavy (non-hydrogen) atoms. The van der Waals surface area contributed by atoms with Crippen molar-refractivity contribution in [2.75, 3.05) is 26.2 Å². The Morgan fingerprint density at radius 3 is 2.57 bits per heavy atom. The molecule has 1 heterocycles. The third-order valence-corrected chi connectivity index (χ3v) is 4.32. The molecule has 1 aliphatic rings. The lowest BCUT2D eigenvalue weighted by molar-refractivity contribution is 0.162. The van der Waals surface area contributed by atoms with Gasteiger partial charge in [-0.2, -0.15) is 0 Å². The van der Waals surface area contributed by atoms with Crippen LogP contribution in [0.25, 0.3) is 0 Å². The monoisotopic (exact) mass is 296 g/mol. The van der Waals surface area contributed by atoms with E-state index in [2.05, 4.69) is 17.1 Å². The van der Waals surface area contributed by atoms with Crippen LogP contribution in [0.3, 0.4) is 0 Å². The van der Waals surface area contributed by atoms with Crippen LogP contribution in [0.1, 0.15) is 44.7 Å². The Balaban J connectivity index is 2.08. The van der Waals surface area contributed by atoms with E-state index >= 15 is 0 Å². The third-order valence-electron chi connectivity index (χ3n) is 4.32. The zero-order valence-electron chi connectivity index (χ0n) is 13.0. The van der Waals surface area contributed by atoms with Crippen LogP contribution >= 0.6 is 0 Å². The second-order valence-electron chi connectivity index (χ2n) is 6.09. The molecule has 0 saturated carbocycles. The van der Waals surface area contributed by atoms with Crippen molar-refractivity contribution in [1.29, 1.82) is 0 Å². The number of hydrogen-bond donors (Lipinski definition) is 1. The average Bonchev–Trinajstić information content (AvgIpc) is 2.46. The van der Waals surface area contributed by atoms with E-state index in [1.165, 1.54) is 25.0 Å². The van der Waals surface area contributed by atoms with Gasteiger partial charge in [-0.25, -0.2) is 8.78 Å². The maximum absolute atomic E-state index is 13.4. The molecule has 1 N–H and O–H groups in total. The van der Waals surface area contributed by atoms with Gasteiger partial charge in [-0.15, -0.1) is 0 Å². The van der Waals surface area contributed by atoms with E-state index in [0.717, 1.165) is 44.2 Å². The highest BCUT2D eigenvalue weighted by atomic mass is 19.1. The minimum absolute atomic E-state index is 0.0390. The van der Waals surface area contributed by atoms with Crippen LogP contribution in [-0.4, -0.2) is 31.1 Å². The molecule has 1 saturated heterocycles. The number of rotatable bonds is 6. The number of piperidine rings is 1. The van der Waals surface area contributed by atoms with Crippen LogP contribution in [0.4, 0.5) is 8.78 Å². The molecule has 1 aliphatic heterocycles. The van der Waals surface area contributed by atoms with Gasteiger partial charge in [0, 0.05) is 18.7 Å². The fourth-order valence-corrected chi connectivity index (χ4v) is 3.17. The second kappa shape index (κ2) is 7.85. The van der Waals surface area contributed by atoms with Gasteiger partial charge in [-0.05, 0) is 69.4 Å². The van der Waals surface area contributed by atoms with Gasteiger partial charge in [-0.3, -0.25) is 4.90 Å². The van der Waals surface area contributed by atoms with Gasteiger partial charge in [0.05, 0.1) is 0 Å². The molecular formula is C17H26F2N2. The Bertz CT molecular complexity index is 424. The van der Waals surface area contributed by atoms with Gasteiger partial charge in [0.1, 0.15) is 11.6 Å². The summed E-state index contributed by atoms with van der Waals surface area (Å²) in [6, 6.07) is 3.88. The molecule has 2 nitrogen and oxygen atoms in total. The van der Waals surface area contributed by atoms with Crippen molar-refractivity contribution in [3.63, 3.8) is 0 Å². The Morgan fingerprint density at radius 1 is 1.29 bits per heavy atom. The zero-order chi connectivity index (χ0) is 15.2. The minimum Gasteiger partial charge on any atom is -0.316 e. The van der Waals surface area contributed by atoms with Crippen LogP contribution in [0.5, 0.6) is 0 Å². The first-order valence-corrected chi connectivity index (χ1v) is 8.01. The maximum Gasteiger partial charge on any atom is 0.126 e. The highest BCUT2D eigenvalue weighted by Gasteiger charge is 2.21. The molecule has 4 heteroatoms. The molecule has 0 aromatic heterocycles. The zero-order valence-corrected chi connectivity index (χ0v) is 13.0. The molecule has 118 valence electrons. The van der Waals surface area contributed by atoms with Crippen molar-refractivity contribution in [1.82, 2.24) is 10.2 Å². The largest absolute Gasteiger partial charge is 0.316 e. The fraction of sp³-hybridized carbons (Fsp3) is 0.647. The van der Waals surface area contributed by atoms with Crippen molar-refractivity contribution in [3.8, 4) is 0 Å². The summed E-state index contributed by atoms with van der Waals surface area (Å²) in [5, 5.41) is 3.43. The molecular weight excluding hydrogens is 270 g/mol. The van der Waals surface area contributed by atoms with Crippen LogP contribution in [-0.2, 0) is 0 Å². The van der Waals surface area contributed by atoms with E-state index in [1.807, 2.05) is 6.92 Å². The van der Waals surface area contributed by atoms with Crippen molar-refractivity contribution in [3.05, 3.63) is 35.4 Å². The molecule has 2 atom stereocenters. The number of halogens is 2. The molecule has 0 radical (unpaired) electrons. The van der Waals surface area contributed by atoms with Gasteiger partial charge in [0.2, 0.25) is 0 Å². The van der Waals surface area contributed by atoms with E-state index in [9.17, 15) is 8.78 Å². The molecule has 1 aromatic rings. The standard InChI is InChI=1S/C17H26F2N2/c1-3-7-21(12-14-5-4-6-20-11-14)13(2)15-8-16(18)10-17(19)9-15/h8-10,13-14,20H,3-7,11-12H2,1-2H3. The van der Waals surface area contributed by atoms with Crippen LogP contribution in [0, 0.1) is 17.6 Å². The van der Waals surface area contributed by atoms with Crippen molar-refractivity contribution < 1.29 is 8.78 Å². The van der Waals surface area contributed by atoms with Crippen molar-refractivity contribution in [2.24, 2.45) is 5.92 Å². The van der Waals surface area contributed by atoms with Crippen LogP contribution in [0.2, 0.25) is 0 Å². The number of nitrogens with zero attached hydrogens (tertiary/aromatic N) is 1. The molecule has 0 amide bonds. The third kappa shape index (κ3) is 4.75. The topological polar surface area (TPSA) is 15.3 Å². The lowest BCUT2D eigenvalue weighted by Gasteiger charge is -2.34. The molecule has 1 fully saturated rings. The minimum atomic E-state index is -0.493. The molecule has 2 unspecified atom stereocenters. The summed E-state index contributed by atoms with van der Waals surface area (Å²) in [6.07, 6.45) is 3.49. The summed E-state index contributed by atoms with van der Waals surface area (Å²) in [5.74, 6) is -0.355. The van der Waals surface area contributed by atoms with Gasteiger partial charge >= 0.3 is 0 Å². The number of hydrogen-bond acceptors (Lipinski definition) is 2. The molecule has 2 rings (SSSR count). The fourth-order valence-electron chi connectivity index (χ4n) is 3.17. The highest BCUT2D eigenvalue weighted by molar-refractivity contribution is 5.21. The summed E-state index contributed by atoms with van der Waals surface area (Å²) in [7, 11) is 0. The van der Waals surface area contributed by atoms with Crippen molar-refractivity contribution >= 4 is 0 Å². The van der Waals surface area contributed by atoms with E-state index in [0.29, 0.717) is 5.92 Å². The lowest BCUT2D eigenvalue weighted by Crippen LogP contribution is -2.39. The van der Waals surface area contributed by atoms with E-state index < -0.39 is 11.6 Å². The van der Waals surface area contributed by atoms with Crippen LogP contribution in [0.15, 0.2) is 18.2 Å². The normalized spacial score (nSPS) is 20.7. The average molecular weight is 296 g/mol.